The first kappa shape index (κ1) is 16.9. The van der Waals surface area contributed by atoms with Crippen molar-refractivity contribution in [3.05, 3.63) is 23.0 Å². The van der Waals surface area contributed by atoms with Gasteiger partial charge in [-0.1, -0.05) is 20.8 Å². The zero-order chi connectivity index (χ0) is 14.0. The van der Waals surface area contributed by atoms with Gasteiger partial charge in [-0.3, -0.25) is 4.79 Å². The molecule has 3 heteroatoms. The molecule has 1 rings (SSSR count). The van der Waals surface area contributed by atoms with Gasteiger partial charge in [0.1, 0.15) is 6.29 Å². The molecule has 0 amide bonds. The highest BCUT2D eigenvalue weighted by Crippen LogP contribution is 2.27. The van der Waals surface area contributed by atoms with Gasteiger partial charge >= 0.3 is 0 Å². The summed E-state index contributed by atoms with van der Waals surface area (Å²) in [7, 11) is 0. The topological polar surface area (TPSA) is 40.5 Å². The molecule has 1 N–H and O–H groups in total. The lowest BCUT2D eigenvalue weighted by molar-refractivity contribution is -0.105. The predicted molar refractivity (Wildman–Crippen MR) is 76.8 cm³/mol. The molecule has 0 aromatic rings. The fourth-order valence-corrected chi connectivity index (χ4v) is 2.03. The Bertz CT molecular complexity index is 296. The summed E-state index contributed by atoms with van der Waals surface area (Å²) in [5.74, 6) is 0. The molecule has 0 bridgehead atoms. The van der Waals surface area contributed by atoms with Crippen LogP contribution in [-0.4, -0.2) is 35.9 Å². The molecule has 1 aliphatic carbocycles. The number of aldehydes is 1. The Labute approximate surface area is 111 Å². The quantitative estimate of drug-likeness (QED) is 0.616. The van der Waals surface area contributed by atoms with Crippen LogP contribution in [0.15, 0.2) is 23.0 Å². The summed E-state index contributed by atoms with van der Waals surface area (Å²) in [6, 6.07) is 0. The van der Waals surface area contributed by atoms with Gasteiger partial charge in [0, 0.05) is 0 Å². The van der Waals surface area contributed by atoms with Crippen molar-refractivity contribution < 1.29 is 9.90 Å². The number of aliphatic hydroxyl groups excluding tert-OH is 1. The highest BCUT2D eigenvalue weighted by Gasteiger charge is 2.12. The number of hydrogen-bond acceptors (Lipinski definition) is 3. The standard InChI is InChI=1S/C9H12O2.C6H15N/c1-7-8(5-10)3-2-4-9(7)6-11;1-4-7(5-2)6-3/h5-6,10H,2-4H2,1H3;4-6H2,1-3H3. The summed E-state index contributed by atoms with van der Waals surface area (Å²) < 4.78 is 0. The molecular weight excluding hydrogens is 226 g/mol. The Morgan fingerprint density at radius 2 is 1.72 bits per heavy atom. The molecule has 0 aromatic carbocycles. The maximum absolute atomic E-state index is 10.5. The van der Waals surface area contributed by atoms with Crippen LogP contribution < -0.4 is 0 Å². The third kappa shape index (κ3) is 5.50. The Kier molecular flexibility index (Phi) is 9.29. The van der Waals surface area contributed by atoms with Crippen LogP contribution >= 0.6 is 0 Å². The van der Waals surface area contributed by atoms with Gasteiger partial charge in [-0.25, -0.2) is 0 Å². The van der Waals surface area contributed by atoms with Crippen molar-refractivity contribution in [1.82, 2.24) is 4.90 Å². The predicted octanol–water partition coefficient (Wildman–Crippen LogP) is 3.48. The van der Waals surface area contributed by atoms with E-state index in [1.54, 1.807) is 0 Å². The van der Waals surface area contributed by atoms with E-state index in [0.29, 0.717) is 0 Å². The second-order valence-corrected chi connectivity index (χ2v) is 4.40. The fraction of sp³-hybridized carbons (Fsp3) is 0.667. The van der Waals surface area contributed by atoms with Crippen molar-refractivity contribution in [1.29, 1.82) is 0 Å². The molecule has 0 aromatic heterocycles. The minimum absolute atomic E-state index is 0.830. The van der Waals surface area contributed by atoms with E-state index in [2.05, 4.69) is 25.7 Å². The van der Waals surface area contributed by atoms with E-state index in [4.69, 9.17) is 5.11 Å². The van der Waals surface area contributed by atoms with Crippen LogP contribution in [0.5, 0.6) is 0 Å². The maximum Gasteiger partial charge on any atom is 0.146 e. The third-order valence-electron chi connectivity index (χ3n) is 3.50. The first-order chi connectivity index (χ1) is 8.64. The van der Waals surface area contributed by atoms with Crippen LogP contribution in [0.4, 0.5) is 0 Å². The van der Waals surface area contributed by atoms with Crippen LogP contribution in [0.2, 0.25) is 0 Å². The molecule has 18 heavy (non-hydrogen) atoms. The Hall–Kier alpha value is -1.09. The monoisotopic (exact) mass is 253 g/mol. The van der Waals surface area contributed by atoms with Crippen molar-refractivity contribution >= 4 is 6.29 Å². The number of carbonyl (C=O) groups is 1. The minimum atomic E-state index is 0.830. The van der Waals surface area contributed by atoms with Crippen molar-refractivity contribution in [3.8, 4) is 0 Å². The lowest BCUT2D eigenvalue weighted by atomic mass is 9.90. The Balaban J connectivity index is 0.000000360. The van der Waals surface area contributed by atoms with Gasteiger partial charge in [0.15, 0.2) is 0 Å². The van der Waals surface area contributed by atoms with Gasteiger partial charge in [-0.2, -0.15) is 0 Å². The maximum atomic E-state index is 10.5. The number of rotatable bonds is 4. The molecule has 0 saturated heterocycles. The Morgan fingerprint density at radius 1 is 1.17 bits per heavy atom. The highest BCUT2D eigenvalue weighted by atomic mass is 16.2. The van der Waals surface area contributed by atoms with Gasteiger partial charge < -0.3 is 10.0 Å². The van der Waals surface area contributed by atoms with Gasteiger partial charge in [-0.15, -0.1) is 0 Å². The number of hydrogen-bond donors (Lipinski definition) is 1. The van der Waals surface area contributed by atoms with Crippen molar-refractivity contribution in [3.63, 3.8) is 0 Å². The first-order valence-electron chi connectivity index (χ1n) is 6.85. The van der Waals surface area contributed by atoms with Gasteiger partial charge in [0.25, 0.3) is 0 Å². The van der Waals surface area contributed by atoms with Crippen molar-refractivity contribution in [2.45, 2.75) is 47.0 Å². The second kappa shape index (κ2) is 9.89. The van der Waals surface area contributed by atoms with E-state index in [-0.39, 0.29) is 0 Å². The number of carbonyl (C=O) groups excluding carboxylic acids is 1. The molecular formula is C15H27NO2. The van der Waals surface area contributed by atoms with Gasteiger partial charge in [0.05, 0.1) is 6.26 Å². The van der Waals surface area contributed by atoms with E-state index in [0.717, 1.165) is 48.5 Å². The molecule has 0 radical (unpaired) electrons. The normalized spacial score (nSPS) is 17.7. The van der Waals surface area contributed by atoms with E-state index in [1.165, 1.54) is 19.6 Å². The molecule has 3 nitrogen and oxygen atoms in total. The number of aliphatic hydroxyl groups is 1. The van der Waals surface area contributed by atoms with Crippen LogP contribution in [0.25, 0.3) is 0 Å². The number of nitrogens with zero attached hydrogens (tertiary/aromatic N) is 1. The van der Waals surface area contributed by atoms with E-state index >= 15 is 0 Å². The summed E-state index contributed by atoms with van der Waals surface area (Å²) in [6.07, 6.45) is 4.71. The van der Waals surface area contributed by atoms with Crippen LogP contribution in [-0.2, 0) is 4.79 Å². The average Bonchev–Trinajstić information content (AvgIpc) is 2.42. The SMILES string of the molecule is CC1=C(C=O)CCCC1=CO.CCN(CC)CC. The number of allylic oxidation sites excluding steroid dienone is 3. The largest absolute Gasteiger partial charge is 0.515 e. The molecule has 0 atom stereocenters. The summed E-state index contributed by atoms with van der Waals surface area (Å²) in [5, 5.41) is 8.76. The fourth-order valence-electron chi connectivity index (χ4n) is 2.03. The van der Waals surface area contributed by atoms with Crippen LogP contribution in [0, 0.1) is 0 Å². The summed E-state index contributed by atoms with van der Waals surface area (Å²) in [6.45, 7) is 12.0. The van der Waals surface area contributed by atoms with Gasteiger partial charge in [-0.05, 0) is 62.5 Å². The molecule has 0 unspecified atom stereocenters. The molecule has 0 aliphatic heterocycles. The van der Waals surface area contributed by atoms with Crippen LogP contribution in [0.3, 0.4) is 0 Å². The van der Waals surface area contributed by atoms with Gasteiger partial charge in [0.2, 0.25) is 0 Å². The molecule has 0 fully saturated rings. The third-order valence-corrected chi connectivity index (χ3v) is 3.50. The Morgan fingerprint density at radius 3 is 2.06 bits per heavy atom. The first-order valence-corrected chi connectivity index (χ1v) is 6.85. The van der Waals surface area contributed by atoms with Crippen molar-refractivity contribution in [2.24, 2.45) is 0 Å². The second-order valence-electron chi connectivity index (χ2n) is 4.40. The van der Waals surface area contributed by atoms with E-state index in [9.17, 15) is 4.79 Å². The van der Waals surface area contributed by atoms with Crippen LogP contribution in [0.1, 0.15) is 47.0 Å². The zero-order valence-electron chi connectivity index (χ0n) is 12.2. The van der Waals surface area contributed by atoms with E-state index < -0.39 is 0 Å². The zero-order valence-corrected chi connectivity index (χ0v) is 12.2. The molecule has 1 aliphatic rings. The molecule has 0 heterocycles. The molecule has 0 spiro atoms. The smallest absolute Gasteiger partial charge is 0.146 e. The summed E-state index contributed by atoms with van der Waals surface area (Å²) >= 11 is 0. The summed E-state index contributed by atoms with van der Waals surface area (Å²) in [4.78, 5) is 12.8. The molecule has 104 valence electrons. The van der Waals surface area contributed by atoms with E-state index in [1.807, 2.05) is 6.92 Å². The lowest BCUT2D eigenvalue weighted by Crippen LogP contribution is -2.21. The summed E-state index contributed by atoms with van der Waals surface area (Å²) in [5.41, 5.74) is 2.68. The van der Waals surface area contributed by atoms with Crippen molar-refractivity contribution in [2.75, 3.05) is 19.6 Å². The molecule has 0 saturated carbocycles. The minimum Gasteiger partial charge on any atom is -0.515 e. The average molecular weight is 253 g/mol. The highest BCUT2D eigenvalue weighted by molar-refractivity contribution is 5.76. The lowest BCUT2D eigenvalue weighted by Gasteiger charge is -2.15.